The lowest BCUT2D eigenvalue weighted by Gasteiger charge is -2.30. The molecule has 76 heavy (non-hydrogen) atoms. The van der Waals surface area contributed by atoms with Crippen LogP contribution in [-0.4, -0.2) is 15.0 Å². The second-order valence-electron chi connectivity index (χ2n) is 20.1. The van der Waals surface area contributed by atoms with Crippen LogP contribution in [0.3, 0.4) is 0 Å². The van der Waals surface area contributed by atoms with E-state index in [1.54, 1.807) is 0 Å². The number of nitrogens with zero attached hydrogens (tertiary/aromatic N) is 3. The molecule has 0 unspecified atom stereocenters. The molecular formula is C70H39N3O3. The molecule has 352 valence electrons. The van der Waals surface area contributed by atoms with Crippen molar-refractivity contribution in [1.82, 2.24) is 15.0 Å². The lowest BCUT2D eigenvalue weighted by Crippen LogP contribution is -2.25. The van der Waals surface area contributed by atoms with E-state index in [9.17, 15) is 0 Å². The number of rotatable bonds is 5. The summed E-state index contributed by atoms with van der Waals surface area (Å²) in [4.78, 5) is 16.0. The number of benzene rings is 11. The molecule has 0 saturated heterocycles. The van der Waals surface area contributed by atoms with Crippen molar-refractivity contribution < 1.29 is 13.3 Å². The topological polar surface area (TPSA) is 78.1 Å². The molecule has 0 bridgehead atoms. The van der Waals surface area contributed by atoms with Crippen molar-refractivity contribution in [2.45, 2.75) is 5.41 Å². The highest BCUT2D eigenvalue weighted by Gasteiger charge is 2.51. The smallest absolute Gasteiger partial charge is 0.167 e. The molecule has 0 amide bonds. The van der Waals surface area contributed by atoms with Crippen molar-refractivity contribution in [2.75, 3.05) is 0 Å². The van der Waals surface area contributed by atoms with Gasteiger partial charge in [-0.05, 0) is 115 Å². The van der Waals surface area contributed by atoms with Gasteiger partial charge in [-0.3, -0.25) is 0 Å². The Bertz CT molecular complexity index is 4900. The van der Waals surface area contributed by atoms with Crippen LogP contribution in [0.25, 0.3) is 144 Å². The van der Waals surface area contributed by atoms with Gasteiger partial charge in [0.1, 0.15) is 33.5 Å². The molecule has 2 aliphatic carbocycles. The van der Waals surface area contributed by atoms with Crippen molar-refractivity contribution in [3.63, 3.8) is 0 Å². The molecule has 6 nitrogen and oxygen atoms in total. The van der Waals surface area contributed by atoms with E-state index in [4.69, 9.17) is 28.2 Å². The van der Waals surface area contributed by atoms with Crippen LogP contribution < -0.4 is 0 Å². The molecule has 4 heterocycles. The SMILES string of the molecule is c1ccc2c(c1)-c1ccccc1C21c2ccccc2-c2ccc(-c3ccc(-c4ccc5oc6cccc(-c7nc(-c8cccc9c8oc8ccccc89)nc(-c8cccc9oc%10ccccc%10c89)n7)c6c5c4)cc3)cc21. The van der Waals surface area contributed by atoms with Gasteiger partial charge in [0.2, 0.25) is 0 Å². The van der Waals surface area contributed by atoms with Gasteiger partial charge in [0, 0.05) is 43.4 Å². The van der Waals surface area contributed by atoms with Gasteiger partial charge in [-0.1, -0.05) is 188 Å². The third-order valence-corrected chi connectivity index (χ3v) is 16.2. The molecule has 15 aromatic rings. The van der Waals surface area contributed by atoms with Gasteiger partial charge in [-0.15, -0.1) is 0 Å². The van der Waals surface area contributed by atoms with Crippen LogP contribution >= 0.6 is 0 Å². The zero-order valence-electron chi connectivity index (χ0n) is 40.6. The van der Waals surface area contributed by atoms with E-state index in [2.05, 4.69) is 164 Å². The van der Waals surface area contributed by atoms with Crippen LogP contribution in [-0.2, 0) is 5.41 Å². The van der Waals surface area contributed by atoms with Crippen LogP contribution in [0.4, 0.5) is 0 Å². The highest BCUT2D eigenvalue weighted by Crippen LogP contribution is 2.63. The zero-order chi connectivity index (χ0) is 49.6. The van der Waals surface area contributed by atoms with Crippen LogP contribution in [0.5, 0.6) is 0 Å². The second-order valence-corrected chi connectivity index (χ2v) is 20.1. The Morgan fingerprint density at radius 3 is 1.29 bits per heavy atom. The number of aromatic nitrogens is 3. The van der Waals surface area contributed by atoms with E-state index in [-0.39, 0.29) is 0 Å². The van der Waals surface area contributed by atoms with E-state index >= 15 is 0 Å². The summed E-state index contributed by atoms with van der Waals surface area (Å²) in [5, 5.41) is 5.87. The third kappa shape index (κ3) is 5.67. The summed E-state index contributed by atoms with van der Waals surface area (Å²) in [6.07, 6.45) is 0. The first-order valence-electron chi connectivity index (χ1n) is 25.7. The van der Waals surface area contributed by atoms with Gasteiger partial charge in [0.15, 0.2) is 17.5 Å². The van der Waals surface area contributed by atoms with Crippen LogP contribution in [0.2, 0.25) is 0 Å². The van der Waals surface area contributed by atoms with E-state index in [0.717, 1.165) is 99.2 Å². The maximum Gasteiger partial charge on any atom is 0.167 e. The van der Waals surface area contributed by atoms with Crippen molar-refractivity contribution >= 4 is 65.8 Å². The minimum absolute atomic E-state index is 0.396. The normalized spacial score (nSPS) is 13.1. The largest absolute Gasteiger partial charge is 0.456 e. The van der Waals surface area contributed by atoms with E-state index < -0.39 is 5.41 Å². The highest BCUT2D eigenvalue weighted by atomic mass is 16.3. The van der Waals surface area contributed by atoms with Gasteiger partial charge in [0.05, 0.1) is 11.0 Å². The maximum absolute atomic E-state index is 6.64. The Hall–Kier alpha value is -10.2. The standard InChI is InChI=1S/C70H39N3O3/c1-6-23-55-44(14-1)45-15-2-7-24-56(45)70(55)57-25-8-3-16-46(57)47-36-34-43(39-58(47)70)41-32-30-40(31-33-41)42-35-37-61-54(38-42)65-52(21-13-29-63(65)75-61)68-71-67(51-20-12-28-62-64(51)50-18-5-10-27-60(50)74-62)72-69(73-68)53-22-11-19-49-48-17-4-9-26-59(48)76-66(49)53/h1-39H. The van der Waals surface area contributed by atoms with Gasteiger partial charge in [0.25, 0.3) is 0 Å². The number of fused-ring (bicyclic) bond motifs is 19. The highest BCUT2D eigenvalue weighted by molar-refractivity contribution is 6.15. The quantitative estimate of drug-likeness (QED) is 0.171. The summed E-state index contributed by atoms with van der Waals surface area (Å²) in [5.74, 6) is 1.54. The fourth-order valence-electron chi connectivity index (χ4n) is 12.9. The summed E-state index contributed by atoms with van der Waals surface area (Å²) in [6, 6.07) is 84.0. The molecule has 0 radical (unpaired) electrons. The monoisotopic (exact) mass is 969 g/mol. The van der Waals surface area contributed by atoms with Crippen molar-refractivity contribution in [3.05, 3.63) is 259 Å². The fourth-order valence-corrected chi connectivity index (χ4v) is 12.9. The first-order valence-corrected chi connectivity index (χ1v) is 25.7. The molecular weight excluding hydrogens is 931 g/mol. The van der Waals surface area contributed by atoms with Crippen molar-refractivity contribution in [1.29, 1.82) is 0 Å². The molecule has 11 aromatic carbocycles. The van der Waals surface area contributed by atoms with E-state index in [1.165, 1.54) is 50.1 Å². The minimum atomic E-state index is -0.396. The zero-order valence-corrected chi connectivity index (χ0v) is 40.6. The van der Waals surface area contributed by atoms with E-state index in [1.807, 2.05) is 72.8 Å². The number of para-hydroxylation sites is 3. The van der Waals surface area contributed by atoms with Crippen LogP contribution in [0, 0.1) is 0 Å². The molecule has 1 spiro atoms. The lowest BCUT2D eigenvalue weighted by atomic mass is 9.70. The summed E-state index contributed by atoms with van der Waals surface area (Å²) in [6.45, 7) is 0. The minimum Gasteiger partial charge on any atom is -0.456 e. The van der Waals surface area contributed by atoms with Gasteiger partial charge in [-0.25, -0.2) is 15.0 Å². The average Bonchev–Trinajstić information content (AvgIpc) is 4.47. The molecule has 0 N–H and O–H groups in total. The summed E-state index contributed by atoms with van der Waals surface area (Å²) in [5.41, 5.74) is 21.8. The Labute approximate surface area is 434 Å². The van der Waals surface area contributed by atoms with Gasteiger partial charge >= 0.3 is 0 Å². The van der Waals surface area contributed by atoms with Crippen molar-refractivity contribution in [3.8, 4) is 78.7 Å². The second kappa shape index (κ2) is 15.4. The average molecular weight is 970 g/mol. The van der Waals surface area contributed by atoms with Crippen molar-refractivity contribution in [2.24, 2.45) is 0 Å². The molecule has 0 atom stereocenters. The molecule has 0 saturated carbocycles. The molecule has 4 aromatic heterocycles. The molecule has 0 aliphatic heterocycles. The molecule has 0 fully saturated rings. The van der Waals surface area contributed by atoms with E-state index in [0.29, 0.717) is 17.5 Å². The third-order valence-electron chi connectivity index (χ3n) is 16.2. The predicted octanol–water partition coefficient (Wildman–Crippen LogP) is 18.2. The molecule has 17 rings (SSSR count). The summed E-state index contributed by atoms with van der Waals surface area (Å²) in [7, 11) is 0. The molecule has 6 heteroatoms. The lowest BCUT2D eigenvalue weighted by molar-refractivity contribution is 0.668. The number of hydrogen-bond acceptors (Lipinski definition) is 6. The Kier molecular flexibility index (Phi) is 8.39. The van der Waals surface area contributed by atoms with Gasteiger partial charge in [-0.2, -0.15) is 0 Å². The first kappa shape index (κ1) is 41.3. The predicted molar refractivity (Wildman–Crippen MR) is 305 cm³/mol. The fraction of sp³-hybridized carbons (Fsp3) is 0.0143. The maximum atomic E-state index is 6.64. The van der Waals surface area contributed by atoms with Crippen LogP contribution in [0.1, 0.15) is 22.3 Å². The molecule has 2 aliphatic rings. The number of hydrogen-bond donors (Lipinski definition) is 0. The summed E-state index contributed by atoms with van der Waals surface area (Å²) < 4.78 is 19.6. The van der Waals surface area contributed by atoms with Gasteiger partial charge < -0.3 is 13.3 Å². The Morgan fingerprint density at radius 2 is 0.658 bits per heavy atom. The Balaban J connectivity index is 0.802. The Morgan fingerprint density at radius 1 is 0.250 bits per heavy atom. The number of furan rings is 3. The van der Waals surface area contributed by atoms with Crippen LogP contribution in [0.15, 0.2) is 250 Å². The first-order chi connectivity index (χ1) is 37.7. The summed E-state index contributed by atoms with van der Waals surface area (Å²) >= 11 is 0.